The predicted molar refractivity (Wildman–Crippen MR) is 121 cm³/mol. The molecule has 7 nitrogen and oxygen atoms in total. The van der Waals surface area contributed by atoms with E-state index in [1.54, 1.807) is 26.0 Å². The van der Waals surface area contributed by atoms with Gasteiger partial charge in [-0.3, -0.25) is 0 Å². The highest BCUT2D eigenvalue weighted by Crippen LogP contribution is 2.31. The van der Waals surface area contributed by atoms with E-state index in [9.17, 15) is 14.4 Å². The number of hydrogen-bond acceptors (Lipinski definition) is 6. The van der Waals surface area contributed by atoms with Crippen LogP contribution in [0, 0.1) is 20.8 Å². The third-order valence-corrected chi connectivity index (χ3v) is 5.23. The minimum atomic E-state index is -0.879. The number of ether oxygens (including phenoxy) is 2. The lowest BCUT2D eigenvalue weighted by atomic mass is 10.0. The second-order valence-corrected chi connectivity index (χ2v) is 7.74. The van der Waals surface area contributed by atoms with E-state index in [1.165, 1.54) is 0 Å². The molecule has 1 heterocycles. The van der Waals surface area contributed by atoms with E-state index in [0.717, 1.165) is 11.1 Å². The van der Waals surface area contributed by atoms with Crippen LogP contribution in [-0.4, -0.2) is 18.1 Å². The molecule has 3 rings (SSSR count). The molecule has 0 saturated heterocycles. The van der Waals surface area contributed by atoms with Gasteiger partial charge in [0, 0.05) is 5.56 Å². The molecule has 1 amide bonds. The van der Waals surface area contributed by atoms with Crippen LogP contribution in [0.4, 0.5) is 4.79 Å². The van der Waals surface area contributed by atoms with Gasteiger partial charge in [0.25, 0.3) is 0 Å². The van der Waals surface area contributed by atoms with Gasteiger partial charge in [0.1, 0.15) is 24.0 Å². The minimum absolute atomic E-state index is 0.0978. The van der Waals surface area contributed by atoms with Gasteiger partial charge >= 0.3 is 17.7 Å². The van der Waals surface area contributed by atoms with E-state index in [0.29, 0.717) is 34.9 Å². The van der Waals surface area contributed by atoms with Crippen LogP contribution in [0.15, 0.2) is 51.7 Å². The highest BCUT2D eigenvalue weighted by molar-refractivity contribution is 5.92. The zero-order chi connectivity index (χ0) is 23.3. The Labute approximate surface area is 186 Å². The van der Waals surface area contributed by atoms with Gasteiger partial charge in [-0.15, -0.1) is 0 Å². The third-order valence-electron chi connectivity index (χ3n) is 5.23. The van der Waals surface area contributed by atoms with Gasteiger partial charge in [0.05, 0.1) is 5.39 Å². The number of fused-ring (bicyclic) bond motifs is 1. The quantitative estimate of drug-likeness (QED) is 0.327. The summed E-state index contributed by atoms with van der Waals surface area (Å²) in [6.07, 6.45) is 0.340. The summed E-state index contributed by atoms with van der Waals surface area (Å²) < 4.78 is 16.3. The lowest BCUT2D eigenvalue weighted by Crippen LogP contribution is -2.43. The lowest BCUT2D eigenvalue weighted by Gasteiger charge is -2.18. The van der Waals surface area contributed by atoms with Crippen molar-refractivity contribution < 1.29 is 23.5 Å². The van der Waals surface area contributed by atoms with E-state index in [2.05, 4.69) is 5.32 Å². The summed E-state index contributed by atoms with van der Waals surface area (Å²) in [7, 11) is 0. The fraction of sp³-hybridized carbons (Fsp3) is 0.320. The van der Waals surface area contributed by atoms with Gasteiger partial charge < -0.3 is 19.2 Å². The summed E-state index contributed by atoms with van der Waals surface area (Å²) in [5.41, 5.74) is 2.67. The van der Waals surface area contributed by atoms with Crippen LogP contribution in [0.5, 0.6) is 5.75 Å². The molecule has 0 bridgehead atoms. The molecule has 168 valence electrons. The molecule has 0 fully saturated rings. The van der Waals surface area contributed by atoms with Crippen molar-refractivity contribution in [1.29, 1.82) is 0 Å². The summed E-state index contributed by atoms with van der Waals surface area (Å²) >= 11 is 0. The summed E-state index contributed by atoms with van der Waals surface area (Å²) in [4.78, 5) is 37.3. The first-order chi connectivity index (χ1) is 15.3. The zero-order valence-corrected chi connectivity index (χ0v) is 18.7. The summed E-state index contributed by atoms with van der Waals surface area (Å²) in [5.74, 6) is -0.325. The Kier molecular flexibility index (Phi) is 7.30. The van der Waals surface area contributed by atoms with E-state index in [4.69, 9.17) is 13.9 Å². The molecule has 1 atom stereocenters. The Balaban J connectivity index is 1.78. The van der Waals surface area contributed by atoms with E-state index >= 15 is 0 Å². The first-order valence-electron chi connectivity index (χ1n) is 10.5. The first-order valence-corrected chi connectivity index (χ1v) is 10.5. The van der Waals surface area contributed by atoms with Crippen LogP contribution >= 0.6 is 0 Å². The van der Waals surface area contributed by atoms with E-state index in [-0.39, 0.29) is 12.4 Å². The number of alkyl carbamates (subject to hydrolysis) is 1. The Hall–Kier alpha value is -3.61. The topological polar surface area (TPSA) is 94.8 Å². The zero-order valence-electron chi connectivity index (χ0n) is 18.7. The average Bonchev–Trinajstić information content (AvgIpc) is 2.76. The molecular formula is C25H27NO6. The van der Waals surface area contributed by atoms with Crippen LogP contribution < -0.4 is 15.7 Å². The van der Waals surface area contributed by atoms with Crippen molar-refractivity contribution in [1.82, 2.24) is 5.32 Å². The van der Waals surface area contributed by atoms with Crippen molar-refractivity contribution in [2.24, 2.45) is 0 Å². The standard InChI is InChI=1S/C25H27NO6/c1-5-9-19(26-25(29)30-14-18-10-7-6-8-11-18)24(28)32-21-13-15(2)12-20-22(21)16(3)17(4)23(27)31-20/h6-8,10-13,19H,5,9,14H2,1-4H3,(H,26,29)/t19-/m0/s1. The van der Waals surface area contributed by atoms with Gasteiger partial charge in [-0.1, -0.05) is 43.7 Å². The Morgan fingerprint density at radius 2 is 1.78 bits per heavy atom. The van der Waals surface area contributed by atoms with Crippen LogP contribution in [0.1, 0.15) is 42.0 Å². The number of rotatable bonds is 7. The number of esters is 1. The monoisotopic (exact) mass is 437 g/mol. The van der Waals surface area contributed by atoms with Crippen molar-refractivity contribution in [3.63, 3.8) is 0 Å². The second kappa shape index (κ2) is 10.1. The number of carbonyl (C=O) groups excluding carboxylic acids is 2. The summed E-state index contributed by atoms with van der Waals surface area (Å²) in [5, 5.41) is 3.16. The highest BCUT2D eigenvalue weighted by atomic mass is 16.6. The van der Waals surface area contributed by atoms with E-state index < -0.39 is 23.7 Å². The van der Waals surface area contributed by atoms with Crippen molar-refractivity contribution >= 4 is 23.0 Å². The molecule has 0 saturated carbocycles. The Bertz CT molecular complexity index is 1180. The molecule has 1 aromatic heterocycles. The molecule has 3 aromatic rings. The molecule has 0 unspecified atom stereocenters. The van der Waals surface area contributed by atoms with Crippen molar-refractivity contribution in [3.8, 4) is 5.75 Å². The fourth-order valence-corrected chi connectivity index (χ4v) is 3.39. The predicted octanol–water partition coefficient (Wildman–Crippen LogP) is 4.72. The van der Waals surface area contributed by atoms with Gasteiger partial charge in [0.15, 0.2) is 0 Å². The number of carbonyl (C=O) groups is 2. The number of amides is 1. The fourth-order valence-electron chi connectivity index (χ4n) is 3.39. The molecular weight excluding hydrogens is 410 g/mol. The molecule has 2 aromatic carbocycles. The Morgan fingerprint density at radius 3 is 2.47 bits per heavy atom. The smallest absolute Gasteiger partial charge is 0.408 e. The maximum Gasteiger partial charge on any atom is 0.408 e. The van der Waals surface area contributed by atoms with Crippen LogP contribution in [-0.2, 0) is 16.1 Å². The molecule has 32 heavy (non-hydrogen) atoms. The molecule has 0 spiro atoms. The maximum atomic E-state index is 12.9. The largest absolute Gasteiger partial charge is 0.445 e. The van der Waals surface area contributed by atoms with Gasteiger partial charge in [-0.05, 0) is 56.0 Å². The molecule has 0 aliphatic rings. The summed E-state index contributed by atoms with van der Waals surface area (Å²) in [6.45, 7) is 7.26. The molecule has 0 aliphatic carbocycles. The number of benzene rings is 2. The van der Waals surface area contributed by atoms with Crippen molar-refractivity contribution in [3.05, 3.63) is 75.1 Å². The number of hydrogen-bond donors (Lipinski definition) is 1. The van der Waals surface area contributed by atoms with Gasteiger partial charge in [-0.25, -0.2) is 14.4 Å². The maximum absolute atomic E-state index is 12.9. The average molecular weight is 437 g/mol. The van der Waals surface area contributed by atoms with Gasteiger partial charge in [0.2, 0.25) is 0 Å². The normalized spacial score (nSPS) is 11.8. The second-order valence-electron chi connectivity index (χ2n) is 7.74. The van der Waals surface area contributed by atoms with Crippen LogP contribution in [0.2, 0.25) is 0 Å². The van der Waals surface area contributed by atoms with Crippen molar-refractivity contribution in [2.75, 3.05) is 0 Å². The SMILES string of the molecule is CCC[C@H](NC(=O)OCc1ccccc1)C(=O)Oc1cc(C)cc2oc(=O)c(C)c(C)c12. The first kappa shape index (κ1) is 23.1. The minimum Gasteiger partial charge on any atom is -0.445 e. The van der Waals surface area contributed by atoms with Crippen LogP contribution in [0.25, 0.3) is 11.0 Å². The van der Waals surface area contributed by atoms with Crippen molar-refractivity contribution in [2.45, 2.75) is 53.2 Å². The molecule has 7 heteroatoms. The number of nitrogens with one attached hydrogen (secondary N) is 1. The molecule has 0 aliphatic heterocycles. The molecule has 1 N–H and O–H groups in total. The van der Waals surface area contributed by atoms with E-state index in [1.807, 2.05) is 44.2 Å². The molecule has 0 radical (unpaired) electrons. The Morgan fingerprint density at radius 1 is 1.06 bits per heavy atom. The summed E-state index contributed by atoms with van der Waals surface area (Å²) in [6, 6.07) is 11.8. The third kappa shape index (κ3) is 5.35. The lowest BCUT2D eigenvalue weighted by molar-refractivity contribution is -0.136. The highest BCUT2D eigenvalue weighted by Gasteiger charge is 2.24. The van der Waals surface area contributed by atoms with Crippen LogP contribution in [0.3, 0.4) is 0 Å². The van der Waals surface area contributed by atoms with Gasteiger partial charge in [-0.2, -0.15) is 0 Å². The number of aryl methyl sites for hydroxylation is 2.